The molecule has 0 unspecified atom stereocenters. The number of furan rings is 1. The molecule has 0 fully saturated rings. The molecule has 0 saturated heterocycles. The molecule has 0 aliphatic heterocycles. The zero-order valence-electron chi connectivity index (χ0n) is 13.4. The van der Waals surface area contributed by atoms with E-state index in [0.29, 0.717) is 17.3 Å². The van der Waals surface area contributed by atoms with Crippen molar-refractivity contribution in [2.24, 2.45) is 0 Å². The summed E-state index contributed by atoms with van der Waals surface area (Å²) in [5, 5.41) is 0. The zero-order valence-corrected chi connectivity index (χ0v) is 14.2. The van der Waals surface area contributed by atoms with Gasteiger partial charge >= 0.3 is 0 Å². The Hall–Kier alpha value is -2.74. The van der Waals surface area contributed by atoms with E-state index in [1.165, 1.54) is 38.5 Å². The monoisotopic (exact) mass is 351 g/mol. The first-order valence-electron chi connectivity index (χ1n) is 6.89. The molecule has 0 bridgehead atoms. The summed E-state index contributed by atoms with van der Waals surface area (Å²) in [6, 6.07) is 7.43. The first-order valence-corrected chi connectivity index (χ1v) is 8.37. The van der Waals surface area contributed by atoms with Crippen molar-refractivity contribution in [3.05, 3.63) is 47.9 Å². The summed E-state index contributed by atoms with van der Waals surface area (Å²) in [6.07, 6.45) is 2.46. The summed E-state index contributed by atoms with van der Waals surface area (Å²) in [7, 11) is -1.20. The molecular formula is C16H17NO6S. The molecule has 2 rings (SSSR count). The minimum absolute atomic E-state index is 0.115. The van der Waals surface area contributed by atoms with Crippen LogP contribution in [0.2, 0.25) is 0 Å². The Kier molecular flexibility index (Phi) is 5.30. The molecule has 2 aromatic rings. The van der Waals surface area contributed by atoms with Crippen LogP contribution in [-0.4, -0.2) is 28.5 Å². The van der Waals surface area contributed by atoms with E-state index in [9.17, 15) is 13.2 Å². The number of carbonyl (C=O) groups excluding carboxylic acids is 1. The largest absolute Gasteiger partial charge is 0.493 e. The Bertz CT molecular complexity index is 866. The Labute approximate surface area is 139 Å². The molecule has 1 heterocycles. The van der Waals surface area contributed by atoms with Crippen LogP contribution in [0.4, 0.5) is 0 Å². The van der Waals surface area contributed by atoms with Crippen molar-refractivity contribution in [1.82, 2.24) is 4.72 Å². The number of rotatable bonds is 6. The number of hydrogen-bond acceptors (Lipinski definition) is 6. The van der Waals surface area contributed by atoms with E-state index in [0.717, 1.165) is 6.08 Å². The van der Waals surface area contributed by atoms with Gasteiger partial charge in [0, 0.05) is 12.1 Å². The molecule has 0 aliphatic carbocycles. The van der Waals surface area contributed by atoms with Gasteiger partial charge in [-0.2, -0.15) is 0 Å². The lowest BCUT2D eigenvalue weighted by Gasteiger charge is -2.10. The van der Waals surface area contributed by atoms with Gasteiger partial charge in [-0.3, -0.25) is 4.79 Å². The number of amides is 1. The summed E-state index contributed by atoms with van der Waals surface area (Å²) in [5.74, 6) is 0.975. The van der Waals surface area contributed by atoms with E-state index in [2.05, 4.69) is 0 Å². The third-order valence-corrected chi connectivity index (χ3v) is 4.40. The SMILES string of the molecule is COc1ccc(S(=O)(=O)NC(=O)C=Cc2ccc(C)o2)cc1OC. The van der Waals surface area contributed by atoms with Crippen LogP contribution < -0.4 is 14.2 Å². The lowest BCUT2D eigenvalue weighted by atomic mass is 10.3. The summed E-state index contributed by atoms with van der Waals surface area (Å²) in [5.41, 5.74) is 0. The van der Waals surface area contributed by atoms with Crippen LogP contribution in [0.15, 0.2) is 45.7 Å². The van der Waals surface area contributed by atoms with Crippen molar-refractivity contribution >= 4 is 22.0 Å². The molecule has 7 nitrogen and oxygen atoms in total. The number of aryl methyl sites for hydroxylation is 1. The third-order valence-electron chi connectivity index (χ3n) is 3.06. The number of carbonyl (C=O) groups is 1. The summed E-state index contributed by atoms with van der Waals surface area (Å²) >= 11 is 0. The molecule has 0 spiro atoms. The molecule has 0 atom stereocenters. The van der Waals surface area contributed by atoms with Crippen LogP contribution in [0.3, 0.4) is 0 Å². The third kappa shape index (κ3) is 4.17. The fourth-order valence-electron chi connectivity index (χ4n) is 1.91. The molecule has 1 amide bonds. The molecule has 0 saturated carbocycles. The number of methoxy groups -OCH3 is 2. The number of hydrogen-bond donors (Lipinski definition) is 1. The normalized spacial score (nSPS) is 11.5. The van der Waals surface area contributed by atoms with Gasteiger partial charge in [0.05, 0.1) is 19.1 Å². The van der Waals surface area contributed by atoms with Crippen LogP contribution >= 0.6 is 0 Å². The van der Waals surface area contributed by atoms with Crippen molar-refractivity contribution in [2.75, 3.05) is 14.2 Å². The lowest BCUT2D eigenvalue weighted by molar-refractivity contribution is -0.114. The van der Waals surface area contributed by atoms with E-state index in [1.54, 1.807) is 19.1 Å². The fourth-order valence-corrected chi connectivity index (χ4v) is 2.87. The van der Waals surface area contributed by atoms with E-state index in [1.807, 2.05) is 4.72 Å². The average Bonchev–Trinajstić information content (AvgIpc) is 2.97. The van der Waals surface area contributed by atoms with E-state index in [4.69, 9.17) is 13.9 Å². The van der Waals surface area contributed by atoms with Crippen molar-refractivity contribution < 1.29 is 27.1 Å². The van der Waals surface area contributed by atoms with Gasteiger partial charge < -0.3 is 13.9 Å². The van der Waals surface area contributed by atoms with Gasteiger partial charge in [0.2, 0.25) is 0 Å². The molecule has 1 aromatic carbocycles. The summed E-state index contributed by atoms with van der Waals surface area (Å²) < 4.78 is 41.8. The van der Waals surface area contributed by atoms with Gasteiger partial charge in [0.1, 0.15) is 11.5 Å². The first kappa shape index (κ1) is 17.6. The van der Waals surface area contributed by atoms with E-state index >= 15 is 0 Å². The molecule has 8 heteroatoms. The number of ether oxygens (including phenoxy) is 2. The first-order chi connectivity index (χ1) is 11.4. The van der Waals surface area contributed by atoms with Crippen LogP contribution in [0.5, 0.6) is 11.5 Å². The average molecular weight is 351 g/mol. The number of benzene rings is 1. The second-order valence-corrected chi connectivity index (χ2v) is 6.45. The Morgan fingerprint density at radius 1 is 1.12 bits per heavy atom. The highest BCUT2D eigenvalue weighted by Crippen LogP contribution is 2.29. The standard InChI is InChI=1S/C16H17NO6S/c1-11-4-5-12(23-11)6-9-16(18)17-24(19,20)13-7-8-14(21-2)15(10-13)22-3/h4-10H,1-3H3,(H,17,18). The van der Waals surface area contributed by atoms with E-state index in [-0.39, 0.29) is 10.6 Å². The van der Waals surface area contributed by atoms with Crippen LogP contribution in [0.25, 0.3) is 6.08 Å². The molecule has 1 aromatic heterocycles. The highest BCUT2D eigenvalue weighted by molar-refractivity contribution is 7.90. The van der Waals surface area contributed by atoms with Crippen LogP contribution in [0.1, 0.15) is 11.5 Å². The molecule has 0 aliphatic rings. The van der Waals surface area contributed by atoms with Crippen molar-refractivity contribution in [3.63, 3.8) is 0 Å². The van der Waals surface area contributed by atoms with Crippen molar-refractivity contribution in [2.45, 2.75) is 11.8 Å². The number of sulfonamides is 1. The Morgan fingerprint density at radius 3 is 2.42 bits per heavy atom. The second kappa shape index (κ2) is 7.22. The van der Waals surface area contributed by atoms with Crippen molar-refractivity contribution in [3.8, 4) is 11.5 Å². The van der Waals surface area contributed by atoms with Gasteiger partial charge in [0.25, 0.3) is 15.9 Å². The van der Waals surface area contributed by atoms with Gasteiger partial charge in [-0.1, -0.05) is 0 Å². The zero-order chi connectivity index (χ0) is 17.7. The maximum Gasteiger partial charge on any atom is 0.264 e. The predicted octanol–water partition coefficient (Wildman–Crippen LogP) is 2.12. The minimum Gasteiger partial charge on any atom is -0.493 e. The van der Waals surface area contributed by atoms with Gasteiger partial charge in [0.15, 0.2) is 11.5 Å². The van der Waals surface area contributed by atoms with Gasteiger partial charge in [-0.05, 0) is 37.3 Å². The van der Waals surface area contributed by atoms with Crippen LogP contribution in [-0.2, 0) is 14.8 Å². The fraction of sp³-hybridized carbons (Fsp3) is 0.188. The van der Waals surface area contributed by atoms with Crippen LogP contribution in [0, 0.1) is 6.92 Å². The summed E-state index contributed by atoms with van der Waals surface area (Å²) in [4.78, 5) is 11.7. The highest BCUT2D eigenvalue weighted by Gasteiger charge is 2.18. The maximum atomic E-state index is 12.2. The second-order valence-electron chi connectivity index (χ2n) is 4.77. The molecular weight excluding hydrogens is 334 g/mol. The summed E-state index contributed by atoms with van der Waals surface area (Å²) in [6.45, 7) is 1.76. The molecule has 24 heavy (non-hydrogen) atoms. The predicted molar refractivity (Wildman–Crippen MR) is 87.4 cm³/mol. The lowest BCUT2D eigenvalue weighted by Crippen LogP contribution is -2.29. The highest BCUT2D eigenvalue weighted by atomic mass is 32.2. The topological polar surface area (TPSA) is 94.8 Å². The molecule has 0 radical (unpaired) electrons. The van der Waals surface area contributed by atoms with E-state index < -0.39 is 15.9 Å². The Morgan fingerprint density at radius 2 is 1.83 bits per heavy atom. The van der Waals surface area contributed by atoms with Gasteiger partial charge in [-0.25, -0.2) is 13.1 Å². The smallest absolute Gasteiger partial charge is 0.264 e. The minimum atomic E-state index is -4.03. The number of nitrogens with one attached hydrogen (secondary N) is 1. The maximum absolute atomic E-state index is 12.2. The van der Waals surface area contributed by atoms with Gasteiger partial charge in [-0.15, -0.1) is 0 Å². The molecule has 1 N–H and O–H groups in total. The quantitative estimate of drug-likeness (QED) is 0.801. The Balaban J connectivity index is 2.15. The molecule has 128 valence electrons. The van der Waals surface area contributed by atoms with Crippen molar-refractivity contribution in [1.29, 1.82) is 0 Å².